The summed E-state index contributed by atoms with van der Waals surface area (Å²) < 4.78 is 5.40. The number of nitrogens with one attached hydrogen (secondary N) is 1. The summed E-state index contributed by atoms with van der Waals surface area (Å²) in [4.78, 5) is 39.1. The van der Waals surface area contributed by atoms with Gasteiger partial charge in [0.05, 0.1) is 13.7 Å². The lowest BCUT2D eigenvalue weighted by atomic mass is 10.2. The third-order valence-corrected chi connectivity index (χ3v) is 3.77. The Labute approximate surface area is 141 Å². The Morgan fingerprint density at radius 3 is 2.21 bits per heavy atom. The second-order valence-electron chi connectivity index (χ2n) is 6.15. The maximum Gasteiger partial charge on any atom is 0.338 e. The number of amides is 4. The highest BCUT2D eigenvalue weighted by atomic mass is 16.5. The first-order valence-corrected chi connectivity index (χ1v) is 8.07. The standard InChI is InChI=1S/C17H23N3O4/c1-5-24-14-8-6-13(7-9-14)10-18(4)11-19-15(21)16(22)20(12(2)3)17(19)23/h6-9,12H,5,10-11H2,1-4H3/p+1. The number of imide groups is 2. The normalized spacial score (nSPS) is 16.3. The van der Waals surface area contributed by atoms with E-state index in [1.807, 2.05) is 38.2 Å². The Morgan fingerprint density at radius 2 is 1.71 bits per heavy atom. The molecule has 130 valence electrons. The van der Waals surface area contributed by atoms with Crippen molar-refractivity contribution < 1.29 is 24.0 Å². The van der Waals surface area contributed by atoms with Crippen LogP contribution in [-0.2, 0) is 16.1 Å². The minimum absolute atomic E-state index is 0.153. The summed E-state index contributed by atoms with van der Waals surface area (Å²) in [5.74, 6) is -0.689. The van der Waals surface area contributed by atoms with E-state index in [9.17, 15) is 14.4 Å². The SMILES string of the molecule is CCOc1ccc(C[NH+](C)CN2C(=O)C(=O)N(C(C)C)C2=O)cc1. The average Bonchev–Trinajstić information content (AvgIpc) is 2.73. The van der Waals surface area contributed by atoms with E-state index in [4.69, 9.17) is 4.74 Å². The summed E-state index contributed by atoms with van der Waals surface area (Å²) >= 11 is 0. The molecule has 1 aromatic rings. The van der Waals surface area contributed by atoms with E-state index in [1.54, 1.807) is 13.8 Å². The monoisotopic (exact) mass is 334 g/mol. The van der Waals surface area contributed by atoms with Crippen LogP contribution in [0.2, 0.25) is 0 Å². The van der Waals surface area contributed by atoms with Crippen molar-refractivity contribution in [2.75, 3.05) is 20.3 Å². The van der Waals surface area contributed by atoms with Crippen molar-refractivity contribution in [3.63, 3.8) is 0 Å². The molecular formula is C17H24N3O4+. The van der Waals surface area contributed by atoms with Crippen molar-refractivity contribution in [1.82, 2.24) is 9.80 Å². The van der Waals surface area contributed by atoms with Gasteiger partial charge in [0.15, 0.2) is 6.67 Å². The lowest BCUT2D eigenvalue weighted by Gasteiger charge is -2.21. The van der Waals surface area contributed by atoms with E-state index < -0.39 is 17.8 Å². The van der Waals surface area contributed by atoms with Crippen molar-refractivity contribution in [3.8, 4) is 5.75 Å². The first kappa shape index (κ1) is 17.9. The second kappa shape index (κ2) is 7.44. The molecule has 0 aromatic heterocycles. The van der Waals surface area contributed by atoms with Crippen LogP contribution in [-0.4, -0.2) is 54.0 Å². The predicted molar refractivity (Wildman–Crippen MR) is 87.3 cm³/mol. The molecule has 24 heavy (non-hydrogen) atoms. The molecule has 1 unspecified atom stereocenters. The number of carbonyl (C=O) groups is 3. The second-order valence-corrected chi connectivity index (χ2v) is 6.15. The van der Waals surface area contributed by atoms with Gasteiger partial charge in [-0.2, -0.15) is 0 Å². The maximum atomic E-state index is 12.3. The van der Waals surface area contributed by atoms with Crippen LogP contribution in [0, 0.1) is 0 Å². The Bertz CT molecular complexity index is 627. The molecule has 4 amide bonds. The molecule has 2 rings (SSSR count). The lowest BCUT2D eigenvalue weighted by Crippen LogP contribution is -3.09. The fourth-order valence-corrected chi connectivity index (χ4v) is 2.66. The van der Waals surface area contributed by atoms with Gasteiger partial charge in [-0.15, -0.1) is 0 Å². The summed E-state index contributed by atoms with van der Waals surface area (Å²) in [5.41, 5.74) is 1.06. The van der Waals surface area contributed by atoms with Gasteiger partial charge in [-0.05, 0) is 45.0 Å². The highest BCUT2D eigenvalue weighted by Crippen LogP contribution is 2.14. The van der Waals surface area contributed by atoms with Crippen molar-refractivity contribution in [3.05, 3.63) is 29.8 Å². The van der Waals surface area contributed by atoms with Crippen LogP contribution in [0.1, 0.15) is 26.3 Å². The molecule has 0 aliphatic carbocycles. The van der Waals surface area contributed by atoms with Crippen molar-refractivity contribution in [2.24, 2.45) is 0 Å². The summed E-state index contributed by atoms with van der Waals surface area (Å²) in [7, 11) is 1.87. The fourth-order valence-electron chi connectivity index (χ4n) is 2.66. The van der Waals surface area contributed by atoms with Crippen molar-refractivity contribution >= 4 is 17.8 Å². The van der Waals surface area contributed by atoms with Gasteiger partial charge in [-0.25, -0.2) is 9.69 Å². The van der Waals surface area contributed by atoms with Gasteiger partial charge in [0.1, 0.15) is 12.3 Å². The van der Waals surface area contributed by atoms with Gasteiger partial charge in [0, 0.05) is 11.6 Å². The quantitative estimate of drug-likeness (QED) is 0.573. The average molecular weight is 334 g/mol. The molecule has 1 aliphatic rings. The van der Waals surface area contributed by atoms with E-state index in [1.165, 1.54) is 0 Å². The Kier molecular flexibility index (Phi) is 5.56. The number of nitrogens with zero attached hydrogens (tertiary/aromatic N) is 2. The van der Waals surface area contributed by atoms with Gasteiger partial charge < -0.3 is 9.64 Å². The van der Waals surface area contributed by atoms with Gasteiger partial charge in [-0.1, -0.05) is 0 Å². The van der Waals surface area contributed by atoms with Crippen molar-refractivity contribution in [2.45, 2.75) is 33.4 Å². The Balaban J connectivity index is 1.99. The van der Waals surface area contributed by atoms with E-state index >= 15 is 0 Å². The molecular weight excluding hydrogens is 310 g/mol. The first-order valence-electron chi connectivity index (χ1n) is 8.07. The smallest absolute Gasteiger partial charge is 0.338 e. The largest absolute Gasteiger partial charge is 0.494 e. The number of hydrogen-bond donors (Lipinski definition) is 1. The highest BCUT2D eigenvalue weighted by molar-refractivity contribution is 6.44. The van der Waals surface area contributed by atoms with E-state index in [-0.39, 0.29) is 12.7 Å². The molecule has 7 heteroatoms. The highest BCUT2D eigenvalue weighted by Gasteiger charge is 2.46. The van der Waals surface area contributed by atoms with E-state index in [0.29, 0.717) is 13.2 Å². The molecule has 7 nitrogen and oxygen atoms in total. The number of carbonyl (C=O) groups excluding carboxylic acids is 3. The van der Waals surface area contributed by atoms with Crippen LogP contribution in [0.4, 0.5) is 4.79 Å². The number of rotatable bonds is 7. The third kappa shape index (κ3) is 3.73. The maximum absolute atomic E-state index is 12.3. The fraction of sp³-hybridized carbons (Fsp3) is 0.471. The summed E-state index contributed by atoms with van der Waals surface area (Å²) in [6.45, 7) is 6.74. The first-order chi connectivity index (χ1) is 11.3. The molecule has 1 fully saturated rings. The summed E-state index contributed by atoms with van der Waals surface area (Å²) in [6, 6.07) is 6.82. The molecule has 1 aliphatic heterocycles. The molecule has 1 saturated heterocycles. The molecule has 0 bridgehead atoms. The third-order valence-electron chi connectivity index (χ3n) is 3.77. The predicted octanol–water partition coefficient (Wildman–Crippen LogP) is 0.257. The minimum Gasteiger partial charge on any atom is -0.494 e. The van der Waals surface area contributed by atoms with Crippen LogP contribution >= 0.6 is 0 Å². The number of benzene rings is 1. The Morgan fingerprint density at radius 1 is 1.08 bits per heavy atom. The minimum atomic E-state index is -0.750. The zero-order valence-electron chi connectivity index (χ0n) is 14.5. The van der Waals surface area contributed by atoms with Gasteiger partial charge >= 0.3 is 17.8 Å². The zero-order valence-corrected chi connectivity index (χ0v) is 14.5. The number of quaternary nitrogens is 1. The molecule has 1 N–H and O–H groups in total. The van der Waals surface area contributed by atoms with E-state index in [0.717, 1.165) is 26.0 Å². The number of urea groups is 1. The van der Waals surface area contributed by atoms with Gasteiger partial charge in [-0.3, -0.25) is 14.5 Å². The molecule has 0 spiro atoms. The van der Waals surface area contributed by atoms with Crippen LogP contribution in [0.15, 0.2) is 24.3 Å². The van der Waals surface area contributed by atoms with Gasteiger partial charge in [0.2, 0.25) is 0 Å². The topological polar surface area (TPSA) is 71.4 Å². The summed E-state index contributed by atoms with van der Waals surface area (Å²) in [5, 5.41) is 0. The van der Waals surface area contributed by atoms with Crippen LogP contribution < -0.4 is 9.64 Å². The van der Waals surface area contributed by atoms with E-state index in [2.05, 4.69) is 0 Å². The Hall–Kier alpha value is -2.41. The van der Waals surface area contributed by atoms with Crippen LogP contribution in [0.25, 0.3) is 0 Å². The van der Waals surface area contributed by atoms with Crippen molar-refractivity contribution in [1.29, 1.82) is 0 Å². The molecule has 1 aromatic carbocycles. The van der Waals surface area contributed by atoms with Gasteiger partial charge in [0.25, 0.3) is 0 Å². The van der Waals surface area contributed by atoms with Crippen LogP contribution in [0.5, 0.6) is 5.75 Å². The van der Waals surface area contributed by atoms with Crippen LogP contribution in [0.3, 0.4) is 0 Å². The summed E-state index contributed by atoms with van der Waals surface area (Å²) in [6.07, 6.45) is 0. The molecule has 1 atom stereocenters. The molecule has 0 radical (unpaired) electrons. The molecule has 0 saturated carbocycles. The zero-order chi connectivity index (χ0) is 17.9. The number of hydrogen-bond acceptors (Lipinski definition) is 4. The lowest BCUT2D eigenvalue weighted by molar-refractivity contribution is -0.901. The number of ether oxygens (including phenoxy) is 1. The molecule has 1 heterocycles.